The molecule has 1 saturated carbocycles. The zero-order valence-corrected chi connectivity index (χ0v) is 72.0. The number of hydrogen-bond donors (Lipinski definition) is 10. The van der Waals surface area contributed by atoms with Gasteiger partial charge in [0.1, 0.15) is 92.6 Å². The van der Waals surface area contributed by atoms with Crippen molar-refractivity contribution in [3.8, 4) is 0 Å². The van der Waals surface area contributed by atoms with Crippen LogP contribution in [-0.2, 0) is 70.7 Å². The van der Waals surface area contributed by atoms with Crippen LogP contribution in [0.2, 0.25) is 0 Å². The Morgan fingerprint density at radius 3 is 1.05 bits per heavy atom. The Balaban J connectivity index is 1.93. The summed E-state index contributed by atoms with van der Waals surface area (Å²) in [5, 5.41) is 102. The zero-order chi connectivity index (χ0) is 83.2. The highest BCUT2D eigenvalue weighted by Crippen LogP contribution is 2.49. The number of esters is 4. The van der Waals surface area contributed by atoms with E-state index in [1.807, 2.05) is 0 Å². The predicted octanol–water partition coefficient (Wildman–Crippen LogP) is 16.4. The van der Waals surface area contributed by atoms with Crippen molar-refractivity contribution in [1.29, 1.82) is 0 Å². The van der Waals surface area contributed by atoms with Crippen LogP contribution < -0.4 is 0 Å². The fourth-order valence-corrected chi connectivity index (χ4v) is 16.2. The first-order valence-corrected chi connectivity index (χ1v) is 47.4. The molecule has 1 aliphatic carbocycles. The van der Waals surface area contributed by atoms with Crippen LogP contribution in [0.4, 0.5) is 0 Å². The number of aliphatic hydroxyl groups is 9. The Hall–Kier alpha value is -2.79. The minimum Gasteiger partial charge on any atom is -0.463 e. The first-order chi connectivity index (χ1) is 55.2. The number of phosphoric ester groups is 1. The molecule has 0 aromatic carbocycles. The Morgan fingerprint density at radius 2 is 0.658 bits per heavy atom. The van der Waals surface area contributed by atoms with Gasteiger partial charge in [0.25, 0.3) is 0 Å². The monoisotopic (exact) mass is 1650 g/mol. The highest BCUT2D eigenvalue weighted by molar-refractivity contribution is 7.47. The molecule has 3 aliphatic rings. The van der Waals surface area contributed by atoms with Gasteiger partial charge in [-0.1, -0.05) is 329 Å². The van der Waals surface area contributed by atoms with E-state index in [4.69, 9.17) is 46.9 Å². The van der Waals surface area contributed by atoms with Crippen LogP contribution in [0.25, 0.3) is 0 Å². The lowest BCUT2D eigenvalue weighted by Crippen LogP contribution is -2.70. The standard InChI is InChI=1S/C88H163O25P/c1-5-9-13-17-21-25-29-33-34-35-39-43-47-51-55-59-63-74(93)110-83-79(98)80(99)84(111-87-81(100)77(96)75(94)69(64-89)108-87)86(85(83)112-88-82(101)78(97)76(95)70(109-88)67-105-72(91)61-57-53-49-45-41-37-31-27-23-19-15-11-7-3)113-114(102,103)106-66-68(107-73(92)62-58-54-50-46-42-38-32-28-24-20-16-12-8-4)65-104-71(90)60-56-52-48-44-40-36-30-26-22-18-14-10-6-2/h37,41,68-70,75-89,94-101H,5-36,38-40,42-67H2,1-4H3,(H,102,103)/b41-37-. The average molecular weight is 1650 g/mol. The van der Waals surface area contributed by atoms with E-state index in [0.717, 1.165) is 122 Å². The Labute approximate surface area is 686 Å². The molecule has 3 fully saturated rings. The quantitative estimate of drug-likeness (QED) is 0.00889. The van der Waals surface area contributed by atoms with Crippen molar-refractivity contribution in [1.82, 2.24) is 0 Å². The maximum absolute atomic E-state index is 14.9. The van der Waals surface area contributed by atoms with E-state index in [0.29, 0.717) is 38.5 Å². The third-order valence-corrected chi connectivity index (χ3v) is 23.5. The number of unbranched alkanes of at least 4 members (excludes halogenated alkanes) is 48. The van der Waals surface area contributed by atoms with Gasteiger partial charge in [0, 0.05) is 25.7 Å². The van der Waals surface area contributed by atoms with Crippen LogP contribution >= 0.6 is 7.82 Å². The lowest BCUT2D eigenvalue weighted by Gasteiger charge is -2.50. The number of aliphatic hydroxyl groups excluding tert-OH is 9. The van der Waals surface area contributed by atoms with E-state index in [1.54, 1.807) is 0 Å². The highest BCUT2D eigenvalue weighted by atomic mass is 31.2. The van der Waals surface area contributed by atoms with Crippen molar-refractivity contribution >= 4 is 31.7 Å². The molecule has 10 N–H and O–H groups in total. The smallest absolute Gasteiger partial charge is 0.463 e. The Kier molecular flexibility index (Phi) is 62.7. The van der Waals surface area contributed by atoms with Crippen molar-refractivity contribution in [2.24, 2.45) is 0 Å². The molecule has 2 heterocycles. The summed E-state index contributed by atoms with van der Waals surface area (Å²) in [6, 6.07) is 0. The number of phosphoric acid groups is 1. The molecule has 0 amide bonds. The fraction of sp³-hybridized carbons (Fsp3) is 0.932. The van der Waals surface area contributed by atoms with Gasteiger partial charge in [-0.25, -0.2) is 4.57 Å². The topological polar surface area (TPSA) is 380 Å². The van der Waals surface area contributed by atoms with Crippen molar-refractivity contribution in [2.45, 2.75) is 498 Å². The summed E-state index contributed by atoms with van der Waals surface area (Å²) >= 11 is 0. The predicted molar refractivity (Wildman–Crippen MR) is 440 cm³/mol. The molecule has 2 saturated heterocycles. The van der Waals surface area contributed by atoms with E-state index in [1.165, 1.54) is 180 Å². The number of ether oxygens (including phenoxy) is 8. The molecule has 25 nitrogen and oxygen atoms in total. The Morgan fingerprint density at radius 1 is 0.342 bits per heavy atom. The van der Waals surface area contributed by atoms with E-state index in [2.05, 4.69) is 39.8 Å². The molecule has 26 heteroatoms. The number of allylic oxidation sites excluding steroid dienone is 2. The number of rotatable bonds is 74. The van der Waals surface area contributed by atoms with Crippen molar-refractivity contribution in [3.05, 3.63) is 12.2 Å². The summed E-state index contributed by atoms with van der Waals surface area (Å²) in [7, 11) is -5.80. The van der Waals surface area contributed by atoms with Gasteiger partial charge in [-0.2, -0.15) is 0 Å². The molecule has 114 heavy (non-hydrogen) atoms. The van der Waals surface area contributed by atoms with Gasteiger partial charge in [-0.3, -0.25) is 28.2 Å². The lowest BCUT2D eigenvalue weighted by atomic mass is 9.84. The molecule has 18 atom stereocenters. The van der Waals surface area contributed by atoms with E-state index >= 15 is 0 Å². The number of carbonyl (C=O) groups excluding carboxylic acids is 4. The summed E-state index contributed by atoms with van der Waals surface area (Å²) in [5.74, 6) is -2.97. The van der Waals surface area contributed by atoms with Crippen LogP contribution in [-0.4, -0.2) is 205 Å². The van der Waals surface area contributed by atoms with Gasteiger partial charge in [0.15, 0.2) is 24.8 Å². The highest BCUT2D eigenvalue weighted by Gasteiger charge is 2.60. The zero-order valence-electron chi connectivity index (χ0n) is 71.1. The normalized spacial score (nSPS) is 25.4. The lowest BCUT2D eigenvalue weighted by molar-refractivity contribution is -0.360. The number of carbonyl (C=O) groups is 4. The van der Waals surface area contributed by atoms with Gasteiger partial charge >= 0.3 is 31.7 Å². The first kappa shape index (κ1) is 105. The minimum atomic E-state index is -5.80. The van der Waals surface area contributed by atoms with Crippen LogP contribution in [0.5, 0.6) is 0 Å². The van der Waals surface area contributed by atoms with Crippen molar-refractivity contribution in [2.75, 3.05) is 26.4 Å². The summed E-state index contributed by atoms with van der Waals surface area (Å²) < 4.78 is 73.3. The second-order valence-corrected chi connectivity index (χ2v) is 34.2. The summed E-state index contributed by atoms with van der Waals surface area (Å²) in [6.07, 6.45) is 25.0. The van der Waals surface area contributed by atoms with Crippen LogP contribution in [0, 0.1) is 0 Å². The van der Waals surface area contributed by atoms with E-state index < -0.39 is 162 Å². The van der Waals surface area contributed by atoms with Crippen molar-refractivity contribution < 1.29 is 122 Å². The van der Waals surface area contributed by atoms with Crippen LogP contribution in [0.1, 0.15) is 394 Å². The summed E-state index contributed by atoms with van der Waals surface area (Å²) in [4.78, 5) is 66.3. The van der Waals surface area contributed by atoms with Gasteiger partial charge < -0.3 is 88.7 Å². The van der Waals surface area contributed by atoms with Crippen LogP contribution in [0.15, 0.2) is 12.2 Å². The summed E-state index contributed by atoms with van der Waals surface area (Å²) in [6.45, 7) is 5.58. The molecule has 0 radical (unpaired) electrons. The number of hydrogen-bond acceptors (Lipinski definition) is 24. The average Bonchev–Trinajstić information content (AvgIpc) is 0.755. The van der Waals surface area contributed by atoms with Gasteiger partial charge in [0.2, 0.25) is 0 Å². The summed E-state index contributed by atoms with van der Waals surface area (Å²) in [5.41, 5.74) is 0. The Bertz CT molecular complexity index is 2430. The molecular formula is C88H163O25P. The van der Waals surface area contributed by atoms with Gasteiger partial charge in [-0.15, -0.1) is 0 Å². The second kappa shape index (κ2) is 67.8. The maximum atomic E-state index is 14.9. The SMILES string of the molecule is CCCCCCCC/C=C\CCCCCC(=O)OCC1OC(OC2C(OC(=O)CCCCCCCCCCCCCCCCCC)C(O)C(O)C(OC3OC(CO)C(O)C(O)C3O)C2OP(=O)(O)OCC(COC(=O)CCCCCCCCCCCCCCC)OC(=O)CCCCCCCCCCCCCCC)C(O)C(O)C1O. The molecular weight excluding hydrogens is 1490 g/mol. The van der Waals surface area contributed by atoms with Gasteiger partial charge in [-0.05, 0) is 51.4 Å². The van der Waals surface area contributed by atoms with Gasteiger partial charge in [0.05, 0.1) is 13.2 Å². The third kappa shape index (κ3) is 48.0. The maximum Gasteiger partial charge on any atom is 0.472 e. The van der Waals surface area contributed by atoms with Crippen molar-refractivity contribution in [3.63, 3.8) is 0 Å². The molecule has 18 unspecified atom stereocenters. The molecule has 2 aliphatic heterocycles. The molecule has 0 aromatic heterocycles. The first-order valence-electron chi connectivity index (χ1n) is 45.9. The third-order valence-electron chi connectivity index (χ3n) is 22.5. The van der Waals surface area contributed by atoms with Crippen LogP contribution in [0.3, 0.4) is 0 Å². The van der Waals surface area contributed by atoms with E-state index in [-0.39, 0.29) is 25.7 Å². The molecule has 3 rings (SSSR count). The van der Waals surface area contributed by atoms with E-state index in [9.17, 15) is 74.6 Å². The molecule has 0 spiro atoms. The fourth-order valence-electron chi connectivity index (χ4n) is 15.2. The molecule has 0 aromatic rings. The second-order valence-electron chi connectivity index (χ2n) is 32.8. The minimum absolute atomic E-state index is 0.00428. The largest absolute Gasteiger partial charge is 0.472 e. The molecule has 0 bridgehead atoms. The molecule has 670 valence electrons.